The number of nitrogens with one attached hydrogen (secondary N) is 2. The van der Waals surface area contributed by atoms with E-state index in [1.165, 1.54) is 25.7 Å². The van der Waals surface area contributed by atoms with E-state index in [1.54, 1.807) is 30.4 Å². The van der Waals surface area contributed by atoms with Gasteiger partial charge in [0.05, 0.1) is 25.8 Å². The van der Waals surface area contributed by atoms with Gasteiger partial charge in [0.2, 0.25) is 11.8 Å². The molecule has 1 aliphatic rings. The van der Waals surface area contributed by atoms with Gasteiger partial charge in [-0.15, -0.1) is 21.5 Å². The molecule has 0 saturated carbocycles. The number of fused-ring (bicyclic) bond motifs is 4. The lowest BCUT2D eigenvalue weighted by Gasteiger charge is -2.15. The molecule has 0 unspecified atom stereocenters. The Hall–Kier alpha value is -6.37. The smallest absolute Gasteiger partial charge is 0.264 e. The van der Waals surface area contributed by atoms with Gasteiger partial charge in [0.25, 0.3) is 10.0 Å². The third-order valence-corrected chi connectivity index (χ3v) is 13.0. The number of amides is 1. The van der Waals surface area contributed by atoms with E-state index < -0.39 is 32.6 Å². The highest BCUT2D eigenvalue weighted by atomic mass is 35.5. The van der Waals surface area contributed by atoms with Crippen LogP contribution >= 0.6 is 22.9 Å². The number of thiophene rings is 1. The molecule has 312 valence electrons. The second-order valence-corrected chi connectivity index (χ2v) is 17.4. The Balaban J connectivity index is 1.03. The summed E-state index contributed by atoms with van der Waals surface area (Å²) in [6, 6.07) is 13.9. The molecule has 19 heteroatoms. The molecule has 0 aliphatic carbocycles. The number of hydrogen-bond acceptors (Lipinski definition) is 12. The maximum atomic E-state index is 14.5. The van der Waals surface area contributed by atoms with E-state index in [-0.39, 0.29) is 37.0 Å². The van der Waals surface area contributed by atoms with E-state index in [1.807, 2.05) is 35.8 Å². The Bertz CT molecular complexity index is 3010. The van der Waals surface area contributed by atoms with Crippen LogP contribution in [0.3, 0.4) is 0 Å². The van der Waals surface area contributed by atoms with E-state index in [9.17, 15) is 22.0 Å². The van der Waals surface area contributed by atoms with Crippen molar-refractivity contribution in [3.8, 4) is 27.8 Å². The van der Waals surface area contributed by atoms with Gasteiger partial charge in [0.1, 0.15) is 63.3 Å². The van der Waals surface area contributed by atoms with Crippen LogP contribution < -0.4 is 19.5 Å². The average molecular weight is 884 g/mol. The molecule has 8 rings (SSSR count). The number of carbonyl (C=O) groups is 1. The molecule has 5 heterocycles. The highest BCUT2D eigenvalue weighted by Gasteiger charge is 2.32. The van der Waals surface area contributed by atoms with Crippen molar-refractivity contribution in [2.75, 3.05) is 25.0 Å². The van der Waals surface area contributed by atoms with Crippen molar-refractivity contribution < 1.29 is 31.5 Å². The van der Waals surface area contributed by atoms with Crippen molar-refractivity contribution in [1.29, 1.82) is 0 Å². The van der Waals surface area contributed by atoms with E-state index >= 15 is 0 Å². The lowest BCUT2D eigenvalue weighted by molar-refractivity contribution is -0.121. The summed E-state index contributed by atoms with van der Waals surface area (Å²) in [4.78, 5) is 32.3. The number of nitrogens with zero attached hydrogens (tertiary/aromatic N) is 7. The Kier molecular flexibility index (Phi) is 11.2. The van der Waals surface area contributed by atoms with Crippen molar-refractivity contribution in [3.05, 3.63) is 129 Å². The third-order valence-electron chi connectivity index (χ3n) is 10.1. The van der Waals surface area contributed by atoms with Crippen LogP contribution in [0.2, 0.25) is 5.02 Å². The quantitative estimate of drug-likeness (QED) is 0.115. The van der Waals surface area contributed by atoms with Gasteiger partial charge in [-0.05, 0) is 81.3 Å². The first-order valence-corrected chi connectivity index (χ1v) is 21.4. The minimum absolute atomic E-state index is 0.0165. The number of ether oxygens (including phenoxy) is 2. The standard InChI is InChI=1S/C42H36ClF2N9O5S2/c1-21-23(3)60-42-37(21)38(25-6-8-28(43)9-7-25)50-32(40-52-51-24(4)54(40)42)18-36(55)46-12-13-59-34-16-26(14-30-22(2)48-20-49-39(30)34)27-15-33(41(58-5)47-19-27)53-61(56,57)35-11-10-29(44)17-31(35)45/h6-11,14-17,19-20,32,53H,12-13,18H2,1-5H3,(H,46,55)/t32-/m0/s1. The van der Waals surface area contributed by atoms with Gasteiger partial charge in [0.15, 0.2) is 5.82 Å². The fraction of sp³-hybridized carbons (Fsp3) is 0.214. The topological polar surface area (TPSA) is 175 Å². The number of halogens is 3. The zero-order chi connectivity index (χ0) is 43.2. The zero-order valence-corrected chi connectivity index (χ0v) is 35.6. The van der Waals surface area contributed by atoms with E-state index in [0.29, 0.717) is 56.2 Å². The van der Waals surface area contributed by atoms with Crippen molar-refractivity contribution in [3.63, 3.8) is 0 Å². The van der Waals surface area contributed by atoms with Crippen molar-refractivity contribution >= 4 is 61.2 Å². The number of anilines is 1. The molecule has 1 atom stereocenters. The van der Waals surface area contributed by atoms with Gasteiger partial charge in [-0.25, -0.2) is 32.2 Å². The van der Waals surface area contributed by atoms with Crippen LogP contribution in [0.5, 0.6) is 11.6 Å². The van der Waals surface area contributed by atoms with E-state index in [0.717, 1.165) is 44.4 Å². The van der Waals surface area contributed by atoms with Gasteiger partial charge in [-0.3, -0.25) is 19.1 Å². The summed E-state index contributed by atoms with van der Waals surface area (Å²) in [6.07, 6.45) is 2.87. The highest BCUT2D eigenvalue weighted by Crippen LogP contribution is 2.40. The molecule has 7 aromatic rings. The average Bonchev–Trinajstić information content (AvgIpc) is 3.71. The molecule has 61 heavy (non-hydrogen) atoms. The van der Waals surface area contributed by atoms with Crippen molar-refractivity contribution in [2.45, 2.75) is 45.1 Å². The summed E-state index contributed by atoms with van der Waals surface area (Å²) in [5.41, 5.74) is 5.68. The van der Waals surface area contributed by atoms with Crippen LogP contribution in [0.1, 0.15) is 51.4 Å². The first-order chi connectivity index (χ1) is 29.2. The molecule has 1 amide bonds. The number of benzene rings is 3. The molecule has 0 fully saturated rings. The lowest BCUT2D eigenvalue weighted by Crippen LogP contribution is -2.29. The number of aryl methyl sites for hydroxylation is 3. The molecule has 0 spiro atoms. The fourth-order valence-electron chi connectivity index (χ4n) is 7.01. The minimum atomic E-state index is -4.53. The fourth-order valence-corrected chi connectivity index (χ4v) is 9.46. The predicted octanol–water partition coefficient (Wildman–Crippen LogP) is 7.79. The van der Waals surface area contributed by atoms with Gasteiger partial charge < -0.3 is 14.8 Å². The second kappa shape index (κ2) is 16.6. The summed E-state index contributed by atoms with van der Waals surface area (Å²) >= 11 is 7.87. The zero-order valence-electron chi connectivity index (χ0n) is 33.2. The summed E-state index contributed by atoms with van der Waals surface area (Å²) in [7, 11) is -3.23. The van der Waals surface area contributed by atoms with Crippen LogP contribution in [-0.4, -0.2) is 70.0 Å². The van der Waals surface area contributed by atoms with Crippen LogP contribution in [0.4, 0.5) is 14.5 Å². The third kappa shape index (κ3) is 8.13. The first-order valence-electron chi connectivity index (χ1n) is 18.8. The first kappa shape index (κ1) is 41.4. The summed E-state index contributed by atoms with van der Waals surface area (Å²) < 4.78 is 70.3. The number of hydrogen-bond donors (Lipinski definition) is 2. The van der Waals surface area contributed by atoms with Gasteiger partial charge in [-0.1, -0.05) is 23.7 Å². The Morgan fingerprint density at radius 2 is 1.74 bits per heavy atom. The predicted molar refractivity (Wildman–Crippen MR) is 228 cm³/mol. The molecule has 3 aromatic carbocycles. The monoisotopic (exact) mass is 883 g/mol. The summed E-state index contributed by atoms with van der Waals surface area (Å²) in [6.45, 7) is 7.99. The Labute approximate surface area is 357 Å². The molecule has 1 aliphatic heterocycles. The Morgan fingerprint density at radius 3 is 2.49 bits per heavy atom. The minimum Gasteiger partial charge on any atom is -0.489 e. The molecule has 2 N–H and O–H groups in total. The maximum Gasteiger partial charge on any atom is 0.264 e. The number of aromatic nitrogens is 6. The second-order valence-electron chi connectivity index (χ2n) is 14.1. The number of sulfonamides is 1. The summed E-state index contributed by atoms with van der Waals surface area (Å²) in [5, 5.41) is 14.0. The normalized spacial score (nSPS) is 13.6. The molecular weight excluding hydrogens is 848 g/mol. The van der Waals surface area contributed by atoms with Crippen LogP contribution in [-0.2, 0) is 14.8 Å². The van der Waals surface area contributed by atoms with Crippen molar-refractivity contribution in [1.82, 2.24) is 35.0 Å². The van der Waals surface area contributed by atoms with E-state index in [4.69, 9.17) is 26.1 Å². The summed E-state index contributed by atoms with van der Waals surface area (Å²) in [5.74, 6) is -0.960. The molecule has 4 aromatic heterocycles. The lowest BCUT2D eigenvalue weighted by atomic mass is 9.99. The Morgan fingerprint density at radius 1 is 0.951 bits per heavy atom. The number of carbonyl (C=O) groups excluding carboxylic acids is 1. The molecule has 0 saturated heterocycles. The number of methoxy groups -OCH3 is 1. The van der Waals surface area contributed by atoms with Crippen LogP contribution in [0, 0.1) is 39.3 Å². The SMILES string of the molecule is COc1ncc(-c2cc(OCCNC(=O)C[C@@H]3N=C(c4ccc(Cl)cc4)c4c(sc(C)c4C)-n4c(C)nnc43)c3ncnc(C)c3c2)cc1NS(=O)(=O)c1ccc(F)cc1F. The highest BCUT2D eigenvalue weighted by molar-refractivity contribution is 7.92. The van der Waals surface area contributed by atoms with Gasteiger partial charge >= 0.3 is 0 Å². The number of aliphatic imine (C=N–C) groups is 1. The molecular formula is C42H36ClF2N9O5S2. The van der Waals surface area contributed by atoms with Gasteiger partial charge in [0, 0.05) is 49.9 Å². The maximum absolute atomic E-state index is 14.5. The number of pyridine rings is 1. The molecule has 0 bridgehead atoms. The van der Waals surface area contributed by atoms with Crippen molar-refractivity contribution in [2.24, 2.45) is 4.99 Å². The van der Waals surface area contributed by atoms with E-state index in [2.05, 4.69) is 49.0 Å². The molecule has 14 nitrogen and oxygen atoms in total. The van der Waals surface area contributed by atoms with Gasteiger partial charge in [-0.2, -0.15) is 0 Å². The molecule has 0 radical (unpaired) electrons. The number of rotatable bonds is 12. The largest absolute Gasteiger partial charge is 0.489 e. The van der Waals surface area contributed by atoms with Crippen LogP contribution in [0.15, 0.2) is 83.1 Å². The van der Waals surface area contributed by atoms with Crippen LogP contribution in [0.25, 0.3) is 27.0 Å².